The molecule has 0 aliphatic rings. The van der Waals surface area contributed by atoms with Crippen LogP contribution in [0, 0.1) is 11.6 Å². The maximum absolute atomic E-state index is 13.4. The van der Waals surface area contributed by atoms with Crippen LogP contribution in [0.15, 0.2) is 36.5 Å². The predicted octanol–water partition coefficient (Wildman–Crippen LogP) is 3.24. The first-order chi connectivity index (χ1) is 8.09. The van der Waals surface area contributed by atoms with Crippen LogP contribution >= 0.6 is 11.6 Å². The Morgan fingerprint density at radius 3 is 2.41 bits per heavy atom. The lowest BCUT2D eigenvalue weighted by Crippen LogP contribution is -2.07. The molecule has 0 radical (unpaired) electrons. The fraction of sp³-hybridized carbons (Fsp3) is 0. The summed E-state index contributed by atoms with van der Waals surface area (Å²) in [6.45, 7) is 0. The molecular formula is C12H6ClF2NO. The second kappa shape index (κ2) is 4.59. The van der Waals surface area contributed by atoms with Crippen LogP contribution in [0.1, 0.15) is 15.9 Å². The average Bonchev–Trinajstić information content (AvgIpc) is 2.28. The van der Waals surface area contributed by atoms with Crippen LogP contribution in [0.3, 0.4) is 0 Å². The van der Waals surface area contributed by atoms with Gasteiger partial charge in [0.2, 0.25) is 0 Å². The third kappa shape index (κ3) is 2.31. The van der Waals surface area contributed by atoms with Crippen LogP contribution in [0.5, 0.6) is 0 Å². The molecule has 0 bridgehead atoms. The highest BCUT2D eigenvalue weighted by Gasteiger charge is 2.18. The lowest BCUT2D eigenvalue weighted by molar-refractivity contribution is 0.103. The summed E-state index contributed by atoms with van der Waals surface area (Å²) in [7, 11) is 0. The van der Waals surface area contributed by atoms with Crippen molar-refractivity contribution in [3.63, 3.8) is 0 Å². The minimum Gasteiger partial charge on any atom is -0.288 e. The van der Waals surface area contributed by atoms with Gasteiger partial charge in [0.1, 0.15) is 16.8 Å². The molecule has 1 aromatic heterocycles. The number of aromatic nitrogens is 1. The van der Waals surface area contributed by atoms with E-state index in [1.807, 2.05) is 0 Å². The van der Waals surface area contributed by atoms with Crippen LogP contribution in [-0.2, 0) is 0 Å². The summed E-state index contributed by atoms with van der Waals surface area (Å²) in [5.74, 6) is -2.56. The monoisotopic (exact) mass is 253 g/mol. The molecule has 0 saturated heterocycles. The standard InChI is InChI=1S/C12H6ClF2NO/c13-10-6-7(4-5-16-10)12(17)11-8(14)2-1-3-9(11)15/h1-6H. The maximum atomic E-state index is 13.4. The van der Waals surface area contributed by atoms with E-state index in [1.54, 1.807) is 0 Å². The van der Waals surface area contributed by atoms with E-state index in [0.717, 1.165) is 12.1 Å². The number of pyridine rings is 1. The molecule has 0 fully saturated rings. The van der Waals surface area contributed by atoms with Gasteiger partial charge in [0.05, 0.1) is 5.56 Å². The van der Waals surface area contributed by atoms with Gasteiger partial charge in [0.25, 0.3) is 0 Å². The van der Waals surface area contributed by atoms with Gasteiger partial charge < -0.3 is 0 Å². The first-order valence-electron chi connectivity index (χ1n) is 4.70. The molecular weight excluding hydrogens is 248 g/mol. The molecule has 0 amide bonds. The van der Waals surface area contributed by atoms with Crippen LogP contribution in [0.25, 0.3) is 0 Å². The number of rotatable bonds is 2. The Kier molecular flexibility index (Phi) is 3.15. The number of nitrogens with zero attached hydrogens (tertiary/aromatic N) is 1. The lowest BCUT2D eigenvalue weighted by atomic mass is 10.0. The largest absolute Gasteiger partial charge is 0.288 e. The van der Waals surface area contributed by atoms with Crippen molar-refractivity contribution in [2.45, 2.75) is 0 Å². The molecule has 86 valence electrons. The van der Waals surface area contributed by atoms with Crippen molar-refractivity contribution in [3.8, 4) is 0 Å². The predicted molar refractivity (Wildman–Crippen MR) is 59.0 cm³/mol. The van der Waals surface area contributed by atoms with Gasteiger partial charge in [-0.1, -0.05) is 17.7 Å². The maximum Gasteiger partial charge on any atom is 0.199 e. The molecule has 2 rings (SSSR count). The molecule has 5 heteroatoms. The van der Waals surface area contributed by atoms with Gasteiger partial charge in [-0.3, -0.25) is 4.79 Å². The fourth-order valence-electron chi connectivity index (χ4n) is 1.40. The molecule has 0 spiro atoms. The van der Waals surface area contributed by atoms with Crippen molar-refractivity contribution >= 4 is 17.4 Å². The Hall–Kier alpha value is -1.81. The van der Waals surface area contributed by atoms with E-state index >= 15 is 0 Å². The molecule has 0 saturated carbocycles. The number of benzene rings is 1. The zero-order valence-corrected chi connectivity index (χ0v) is 9.21. The zero-order chi connectivity index (χ0) is 12.4. The topological polar surface area (TPSA) is 30.0 Å². The van der Waals surface area contributed by atoms with Crippen molar-refractivity contribution in [1.82, 2.24) is 4.98 Å². The molecule has 2 nitrogen and oxygen atoms in total. The molecule has 0 N–H and O–H groups in total. The van der Waals surface area contributed by atoms with Crippen LogP contribution in [-0.4, -0.2) is 10.8 Å². The third-order valence-electron chi connectivity index (χ3n) is 2.18. The van der Waals surface area contributed by atoms with Gasteiger partial charge in [-0.25, -0.2) is 13.8 Å². The number of ketones is 1. The van der Waals surface area contributed by atoms with E-state index < -0.39 is 23.0 Å². The molecule has 17 heavy (non-hydrogen) atoms. The van der Waals surface area contributed by atoms with E-state index in [2.05, 4.69) is 4.98 Å². The van der Waals surface area contributed by atoms with Crippen LogP contribution in [0.4, 0.5) is 8.78 Å². The number of carbonyl (C=O) groups excluding carboxylic acids is 1. The highest BCUT2D eigenvalue weighted by atomic mass is 35.5. The van der Waals surface area contributed by atoms with Crippen molar-refractivity contribution in [2.75, 3.05) is 0 Å². The lowest BCUT2D eigenvalue weighted by Gasteiger charge is -2.04. The summed E-state index contributed by atoms with van der Waals surface area (Å²) in [6, 6.07) is 5.86. The number of halogens is 3. The molecule has 1 aromatic carbocycles. The Bertz CT molecular complexity index is 566. The summed E-state index contributed by atoms with van der Waals surface area (Å²) in [5, 5.41) is 0.0904. The Balaban J connectivity index is 2.51. The fourth-order valence-corrected chi connectivity index (χ4v) is 1.58. The SMILES string of the molecule is O=C(c1ccnc(Cl)c1)c1c(F)cccc1F. The number of hydrogen-bond donors (Lipinski definition) is 0. The number of carbonyl (C=O) groups is 1. The Morgan fingerprint density at radius 2 is 1.82 bits per heavy atom. The minimum atomic E-state index is -0.900. The van der Waals surface area contributed by atoms with Crippen LogP contribution in [0.2, 0.25) is 5.15 Å². The van der Waals surface area contributed by atoms with E-state index in [9.17, 15) is 13.6 Å². The summed E-state index contributed by atoms with van der Waals surface area (Å²) in [5.41, 5.74) is -0.497. The van der Waals surface area contributed by atoms with E-state index in [0.29, 0.717) is 0 Å². The quantitative estimate of drug-likeness (QED) is 0.607. The van der Waals surface area contributed by atoms with Gasteiger partial charge in [-0.2, -0.15) is 0 Å². The summed E-state index contributed by atoms with van der Waals surface area (Å²) in [6.07, 6.45) is 1.30. The first-order valence-corrected chi connectivity index (χ1v) is 5.07. The average molecular weight is 254 g/mol. The van der Waals surface area contributed by atoms with E-state index in [-0.39, 0.29) is 10.7 Å². The summed E-state index contributed by atoms with van der Waals surface area (Å²) < 4.78 is 26.8. The third-order valence-corrected chi connectivity index (χ3v) is 2.39. The van der Waals surface area contributed by atoms with E-state index in [1.165, 1.54) is 24.4 Å². The van der Waals surface area contributed by atoms with Gasteiger partial charge in [-0.05, 0) is 24.3 Å². The van der Waals surface area contributed by atoms with Gasteiger partial charge in [0, 0.05) is 11.8 Å². The molecule has 0 unspecified atom stereocenters. The van der Waals surface area contributed by atoms with Gasteiger partial charge in [0.15, 0.2) is 5.78 Å². The van der Waals surface area contributed by atoms with E-state index in [4.69, 9.17) is 11.6 Å². The second-order valence-corrected chi connectivity index (χ2v) is 3.68. The van der Waals surface area contributed by atoms with Crippen molar-refractivity contribution < 1.29 is 13.6 Å². The second-order valence-electron chi connectivity index (χ2n) is 3.29. The molecule has 0 aliphatic carbocycles. The highest BCUT2D eigenvalue weighted by Crippen LogP contribution is 2.18. The van der Waals surface area contributed by atoms with Gasteiger partial charge in [-0.15, -0.1) is 0 Å². The molecule has 1 heterocycles. The highest BCUT2D eigenvalue weighted by molar-refractivity contribution is 6.30. The number of hydrogen-bond acceptors (Lipinski definition) is 2. The van der Waals surface area contributed by atoms with Crippen molar-refractivity contribution in [2.24, 2.45) is 0 Å². The normalized spacial score (nSPS) is 10.3. The van der Waals surface area contributed by atoms with Gasteiger partial charge >= 0.3 is 0 Å². The molecule has 2 aromatic rings. The Morgan fingerprint density at radius 1 is 1.18 bits per heavy atom. The zero-order valence-electron chi connectivity index (χ0n) is 8.45. The van der Waals surface area contributed by atoms with Crippen molar-refractivity contribution in [1.29, 1.82) is 0 Å². The first kappa shape index (κ1) is 11.7. The summed E-state index contributed by atoms with van der Waals surface area (Å²) in [4.78, 5) is 15.6. The smallest absolute Gasteiger partial charge is 0.199 e. The molecule has 0 aliphatic heterocycles. The minimum absolute atomic E-state index is 0.0904. The van der Waals surface area contributed by atoms with Crippen molar-refractivity contribution in [3.05, 3.63) is 64.4 Å². The Labute approximate surface area is 101 Å². The molecule has 0 atom stereocenters. The van der Waals surface area contributed by atoms with Crippen LogP contribution < -0.4 is 0 Å². The summed E-state index contributed by atoms with van der Waals surface area (Å²) >= 11 is 5.61.